The van der Waals surface area contributed by atoms with Crippen molar-refractivity contribution in [3.05, 3.63) is 0 Å². The molecule has 2 rings (SSSR count). The molecule has 1 spiro atoms. The maximum Gasteiger partial charge on any atom is 0.169 e. The van der Waals surface area contributed by atoms with Gasteiger partial charge in [-0.05, 0) is 26.2 Å². The third-order valence-corrected chi connectivity index (χ3v) is 3.69. The molecule has 3 unspecified atom stereocenters. The van der Waals surface area contributed by atoms with Gasteiger partial charge >= 0.3 is 0 Å². The Kier molecular flexibility index (Phi) is 2.85. The van der Waals surface area contributed by atoms with E-state index in [-0.39, 0.29) is 18.0 Å². The van der Waals surface area contributed by atoms with Crippen LogP contribution in [0.5, 0.6) is 0 Å². The lowest BCUT2D eigenvalue weighted by atomic mass is 10.0. The fourth-order valence-corrected chi connectivity index (χ4v) is 2.83. The SMILES string of the molecule is CCCC1CCC2(C1)OC(C)C(C)O2. The summed E-state index contributed by atoms with van der Waals surface area (Å²) in [6.45, 7) is 6.49. The van der Waals surface area contributed by atoms with E-state index in [4.69, 9.17) is 9.47 Å². The minimum Gasteiger partial charge on any atom is -0.344 e. The average Bonchev–Trinajstić information content (AvgIpc) is 2.60. The van der Waals surface area contributed by atoms with E-state index >= 15 is 0 Å². The molecule has 1 saturated heterocycles. The molecule has 14 heavy (non-hydrogen) atoms. The van der Waals surface area contributed by atoms with E-state index < -0.39 is 0 Å². The molecule has 0 amide bonds. The average molecular weight is 198 g/mol. The lowest BCUT2D eigenvalue weighted by molar-refractivity contribution is -0.169. The topological polar surface area (TPSA) is 18.5 Å². The van der Waals surface area contributed by atoms with Crippen molar-refractivity contribution in [3.63, 3.8) is 0 Å². The highest BCUT2D eigenvalue weighted by molar-refractivity contribution is 4.89. The second kappa shape index (κ2) is 3.82. The molecule has 0 bridgehead atoms. The molecule has 0 aromatic heterocycles. The normalized spacial score (nSPS) is 47.8. The molecule has 0 radical (unpaired) electrons. The standard InChI is InChI=1S/C12H22O2/c1-4-5-11-6-7-12(8-11)13-9(2)10(3)14-12/h9-11H,4-8H2,1-3H3. The van der Waals surface area contributed by atoms with Crippen LogP contribution < -0.4 is 0 Å². The van der Waals surface area contributed by atoms with Gasteiger partial charge in [0, 0.05) is 12.8 Å². The van der Waals surface area contributed by atoms with Crippen LogP contribution in [0.15, 0.2) is 0 Å². The van der Waals surface area contributed by atoms with E-state index in [1.54, 1.807) is 0 Å². The fraction of sp³-hybridized carbons (Fsp3) is 1.00. The van der Waals surface area contributed by atoms with Crippen molar-refractivity contribution in [2.75, 3.05) is 0 Å². The summed E-state index contributed by atoms with van der Waals surface area (Å²) < 4.78 is 12.0. The molecule has 1 heterocycles. The Labute approximate surface area is 87.0 Å². The molecule has 2 heteroatoms. The lowest BCUT2D eigenvalue weighted by Crippen LogP contribution is -2.27. The van der Waals surface area contributed by atoms with Crippen LogP contribution in [0.1, 0.15) is 52.9 Å². The van der Waals surface area contributed by atoms with Crippen LogP contribution in [0.4, 0.5) is 0 Å². The summed E-state index contributed by atoms with van der Waals surface area (Å²) in [6.07, 6.45) is 6.67. The fourth-order valence-electron chi connectivity index (χ4n) is 2.83. The summed E-state index contributed by atoms with van der Waals surface area (Å²) in [5, 5.41) is 0. The van der Waals surface area contributed by atoms with Crippen molar-refractivity contribution >= 4 is 0 Å². The monoisotopic (exact) mass is 198 g/mol. The van der Waals surface area contributed by atoms with Gasteiger partial charge in [-0.25, -0.2) is 0 Å². The zero-order chi connectivity index (χ0) is 10.2. The summed E-state index contributed by atoms with van der Waals surface area (Å²) in [7, 11) is 0. The van der Waals surface area contributed by atoms with Gasteiger partial charge in [0.1, 0.15) is 0 Å². The maximum absolute atomic E-state index is 5.98. The molecule has 1 saturated carbocycles. The Morgan fingerprint density at radius 1 is 1.21 bits per heavy atom. The van der Waals surface area contributed by atoms with Crippen molar-refractivity contribution in [1.29, 1.82) is 0 Å². The number of hydrogen-bond donors (Lipinski definition) is 0. The smallest absolute Gasteiger partial charge is 0.169 e. The predicted octanol–water partition coefficient (Wildman–Crippen LogP) is 3.11. The quantitative estimate of drug-likeness (QED) is 0.678. The van der Waals surface area contributed by atoms with Gasteiger partial charge in [0.15, 0.2) is 5.79 Å². The molecule has 3 atom stereocenters. The summed E-state index contributed by atoms with van der Waals surface area (Å²) in [5.74, 6) is 0.635. The summed E-state index contributed by atoms with van der Waals surface area (Å²) in [6, 6.07) is 0. The zero-order valence-corrected chi connectivity index (χ0v) is 9.58. The first kappa shape index (κ1) is 10.4. The minimum atomic E-state index is -0.196. The van der Waals surface area contributed by atoms with Gasteiger partial charge in [0.25, 0.3) is 0 Å². The molecule has 1 aliphatic carbocycles. The van der Waals surface area contributed by atoms with E-state index in [1.165, 1.54) is 19.3 Å². The van der Waals surface area contributed by atoms with Crippen molar-refractivity contribution in [1.82, 2.24) is 0 Å². The van der Waals surface area contributed by atoms with Crippen LogP contribution in [0.25, 0.3) is 0 Å². The number of hydrogen-bond acceptors (Lipinski definition) is 2. The summed E-state index contributed by atoms with van der Waals surface area (Å²) in [4.78, 5) is 0. The summed E-state index contributed by atoms with van der Waals surface area (Å²) in [5.41, 5.74) is 0. The highest BCUT2D eigenvalue weighted by Gasteiger charge is 2.48. The Morgan fingerprint density at radius 3 is 2.43 bits per heavy atom. The third-order valence-electron chi connectivity index (χ3n) is 3.69. The number of ether oxygens (including phenoxy) is 2. The number of rotatable bonds is 2. The predicted molar refractivity (Wildman–Crippen MR) is 56.1 cm³/mol. The molecule has 0 aromatic carbocycles. The van der Waals surface area contributed by atoms with Gasteiger partial charge in [-0.2, -0.15) is 0 Å². The first-order valence-corrected chi connectivity index (χ1v) is 6.01. The largest absolute Gasteiger partial charge is 0.344 e. The molecule has 82 valence electrons. The van der Waals surface area contributed by atoms with Crippen LogP contribution in [0, 0.1) is 5.92 Å². The molecular weight excluding hydrogens is 176 g/mol. The van der Waals surface area contributed by atoms with E-state index in [9.17, 15) is 0 Å². The molecule has 2 aliphatic rings. The zero-order valence-electron chi connectivity index (χ0n) is 9.58. The van der Waals surface area contributed by atoms with Gasteiger partial charge in [-0.3, -0.25) is 0 Å². The molecule has 1 aliphatic heterocycles. The van der Waals surface area contributed by atoms with Gasteiger partial charge in [0.2, 0.25) is 0 Å². The highest BCUT2D eigenvalue weighted by atomic mass is 16.8. The molecule has 2 nitrogen and oxygen atoms in total. The summed E-state index contributed by atoms with van der Waals surface area (Å²) >= 11 is 0. The van der Waals surface area contributed by atoms with E-state index in [0.29, 0.717) is 0 Å². The second-order valence-electron chi connectivity index (χ2n) is 4.95. The van der Waals surface area contributed by atoms with Crippen LogP contribution in [0.3, 0.4) is 0 Å². The van der Waals surface area contributed by atoms with Gasteiger partial charge < -0.3 is 9.47 Å². The van der Waals surface area contributed by atoms with Gasteiger partial charge in [-0.15, -0.1) is 0 Å². The Balaban J connectivity index is 1.94. The van der Waals surface area contributed by atoms with E-state index in [1.807, 2.05) is 0 Å². The van der Waals surface area contributed by atoms with E-state index in [0.717, 1.165) is 18.8 Å². The van der Waals surface area contributed by atoms with Gasteiger partial charge in [-0.1, -0.05) is 19.8 Å². The van der Waals surface area contributed by atoms with E-state index in [2.05, 4.69) is 20.8 Å². The molecule has 0 N–H and O–H groups in total. The third kappa shape index (κ3) is 1.82. The van der Waals surface area contributed by atoms with Crippen molar-refractivity contribution < 1.29 is 9.47 Å². The highest BCUT2D eigenvalue weighted by Crippen LogP contribution is 2.45. The Bertz CT molecular complexity index is 192. The Morgan fingerprint density at radius 2 is 1.86 bits per heavy atom. The maximum atomic E-state index is 5.98. The second-order valence-corrected chi connectivity index (χ2v) is 4.95. The van der Waals surface area contributed by atoms with Gasteiger partial charge in [0.05, 0.1) is 12.2 Å². The Hall–Kier alpha value is -0.0800. The van der Waals surface area contributed by atoms with Crippen molar-refractivity contribution in [2.24, 2.45) is 5.92 Å². The van der Waals surface area contributed by atoms with Crippen molar-refractivity contribution in [2.45, 2.75) is 70.9 Å². The molecule has 0 aromatic rings. The van der Waals surface area contributed by atoms with Crippen molar-refractivity contribution in [3.8, 4) is 0 Å². The first-order valence-electron chi connectivity index (χ1n) is 6.01. The molecule has 2 fully saturated rings. The van der Waals surface area contributed by atoms with Crippen LogP contribution in [-0.4, -0.2) is 18.0 Å². The first-order chi connectivity index (χ1) is 6.65. The van der Waals surface area contributed by atoms with Crippen LogP contribution in [-0.2, 0) is 9.47 Å². The van der Waals surface area contributed by atoms with Crippen LogP contribution >= 0.6 is 0 Å². The minimum absolute atomic E-state index is 0.196. The lowest BCUT2D eigenvalue weighted by Gasteiger charge is -2.22. The molecular formula is C12H22O2. The van der Waals surface area contributed by atoms with Crippen LogP contribution in [0.2, 0.25) is 0 Å².